The molecule has 1 rings (SSSR count). The first-order chi connectivity index (χ1) is 8.19. The van der Waals surface area contributed by atoms with Crippen molar-refractivity contribution < 1.29 is 9.72 Å². The lowest BCUT2D eigenvalue weighted by Crippen LogP contribution is -1.92. The first-order valence-electron chi connectivity index (χ1n) is 4.60. The molecule has 0 aliphatic carbocycles. The minimum absolute atomic E-state index is 0.140. The smallest absolute Gasteiger partial charge is 0.270 e. The summed E-state index contributed by atoms with van der Waals surface area (Å²) in [6.07, 6.45) is 3.68. The van der Waals surface area contributed by atoms with Crippen LogP contribution in [0.15, 0.2) is 29.4 Å². The molecule has 86 valence electrons. The molecule has 0 aromatic heterocycles. The van der Waals surface area contributed by atoms with Crippen molar-refractivity contribution in [2.45, 2.75) is 0 Å². The maximum Gasteiger partial charge on any atom is 0.270 e. The van der Waals surface area contributed by atoms with Crippen LogP contribution in [0.5, 0.6) is 0 Å². The van der Waals surface area contributed by atoms with Crippen LogP contribution in [0, 0.1) is 10.1 Å². The van der Waals surface area contributed by atoms with Gasteiger partial charge in [0.05, 0.1) is 4.92 Å². The topological polar surface area (TPSA) is 109 Å². The molecule has 0 N–H and O–H groups in total. The molecule has 0 saturated heterocycles. The molecule has 0 radical (unpaired) electrons. The third-order valence-corrected chi connectivity index (χ3v) is 1.96. The fraction of sp³-hybridized carbons (Fsp3) is 0.100. The maximum atomic E-state index is 10.8. The van der Waals surface area contributed by atoms with Gasteiger partial charge in [0.15, 0.2) is 6.29 Å². The highest BCUT2D eigenvalue weighted by Crippen LogP contribution is 2.17. The average molecular weight is 232 g/mol. The summed E-state index contributed by atoms with van der Waals surface area (Å²) >= 11 is 0. The molecule has 0 aliphatic heterocycles. The number of nitrogens with zero attached hydrogens (tertiary/aromatic N) is 4. The molecule has 1 aromatic rings. The van der Waals surface area contributed by atoms with E-state index in [0.29, 0.717) is 11.8 Å². The summed E-state index contributed by atoms with van der Waals surface area (Å²) in [6, 6.07) is 3.97. The van der Waals surface area contributed by atoms with Crippen LogP contribution in [0.25, 0.3) is 16.5 Å². The molecular weight excluding hydrogens is 224 g/mol. The van der Waals surface area contributed by atoms with Gasteiger partial charge in [0, 0.05) is 29.2 Å². The lowest BCUT2D eigenvalue weighted by molar-refractivity contribution is -0.384. The highest BCUT2D eigenvalue weighted by Gasteiger charge is 2.08. The van der Waals surface area contributed by atoms with Crippen molar-refractivity contribution in [2.24, 2.45) is 5.11 Å². The van der Waals surface area contributed by atoms with Gasteiger partial charge in [-0.15, -0.1) is 0 Å². The predicted octanol–water partition coefficient (Wildman–Crippen LogP) is 2.73. The normalized spacial score (nSPS) is 9.88. The molecule has 0 atom stereocenters. The van der Waals surface area contributed by atoms with Gasteiger partial charge in [0.2, 0.25) is 0 Å². The first-order valence-corrected chi connectivity index (χ1v) is 4.60. The Kier molecular flexibility index (Phi) is 4.41. The van der Waals surface area contributed by atoms with Crippen molar-refractivity contribution in [2.75, 3.05) is 6.54 Å². The van der Waals surface area contributed by atoms with Crippen LogP contribution in [-0.4, -0.2) is 17.8 Å². The molecule has 0 bridgehead atoms. The predicted molar refractivity (Wildman–Crippen MR) is 61.5 cm³/mol. The lowest BCUT2D eigenvalue weighted by Gasteiger charge is -1.98. The number of non-ortho nitro benzene ring substituents is 1. The van der Waals surface area contributed by atoms with Gasteiger partial charge in [-0.05, 0) is 17.2 Å². The van der Waals surface area contributed by atoms with Crippen molar-refractivity contribution >= 4 is 18.0 Å². The average Bonchev–Trinajstić information content (AvgIpc) is 2.34. The molecular formula is C10H8N4O3. The van der Waals surface area contributed by atoms with Crippen LogP contribution < -0.4 is 0 Å². The lowest BCUT2D eigenvalue weighted by atomic mass is 10.1. The molecule has 1 aromatic carbocycles. The second-order valence-electron chi connectivity index (χ2n) is 3.00. The van der Waals surface area contributed by atoms with Gasteiger partial charge in [-0.3, -0.25) is 14.9 Å². The summed E-state index contributed by atoms with van der Waals surface area (Å²) < 4.78 is 0. The summed E-state index contributed by atoms with van der Waals surface area (Å²) in [6.45, 7) is 0.159. The van der Waals surface area contributed by atoms with Crippen LogP contribution in [-0.2, 0) is 0 Å². The van der Waals surface area contributed by atoms with Gasteiger partial charge in [-0.25, -0.2) is 0 Å². The molecule has 0 fully saturated rings. The summed E-state index contributed by atoms with van der Waals surface area (Å²) in [7, 11) is 0. The number of nitro groups is 1. The number of rotatable bonds is 5. The third kappa shape index (κ3) is 3.44. The molecule has 0 amide bonds. The monoisotopic (exact) mass is 232 g/mol. The molecule has 0 spiro atoms. The number of azide groups is 1. The second kappa shape index (κ2) is 6.04. The van der Waals surface area contributed by atoms with Gasteiger partial charge < -0.3 is 0 Å². The van der Waals surface area contributed by atoms with Crippen LogP contribution in [0.2, 0.25) is 0 Å². The number of benzene rings is 1. The van der Waals surface area contributed by atoms with E-state index < -0.39 is 4.92 Å². The molecule has 0 heterocycles. The van der Waals surface area contributed by atoms with Crippen LogP contribution in [0.1, 0.15) is 15.9 Å². The maximum absolute atomic E-state index is 10.8. The van der Waals surface area contributed by atoms with E-state index in [2.05, 4.69) is 10.0 Å². The van der Waals surface area contributed by atoms with Crippen LogP contribution >= 0.6 is 0 Å². The molecule has 7 nitrogen and oxygen atoms in total. The van der Waals surface area contributed by atoms with E-state index >= 15 is 0 Å². The number of hydrogen-bond acceptors (Lipinski definition) is 4. The van der Waals surface area contributed by atoms with Crippen LogP contribution in [0.3, 0.4) is 0 Å². The zero-order chi connectivity index (χ0) is 12.7. The van der Waals surface area contributed by atoms with E-state index in [9.17, 15) is 14.9 Å². The van der Waals surface area contributed by atoms with E-state index in [4.69, 9.17) is 5.53 Å². The Labute approximate surface area is 96.1 Å². The fourth-order valence-corrected chi connectivity index (χ4v) is 1.19. The minimum Gasteiger partial charge on any atom is -0.298 e. The summed E-state index contributed by atoms with van der Waals surface area (Å²) in [5.41, 5.74) is 8.67. The minimum atomic E-state index is -0.569. The number of hydrogen-bond donors (Lipinski definition) is 0. The standard InChI is InChI=1S/C10H8N4O3/c11-13-12-5-1-2-8-3-4-10(14(16)17)6-9(8)7-15/h1-4,6-7H,5H2. The van der Waals surface area contributed by atoms with E-state index in [1.807, 2.05) is 0 Å². The molecule has 0 unspecified atom stereocenters. The van der Waals surface area contributed by atoms with Gasteiger partial charge in [-0.2, -0.15) is 0 Å². The van der Waals surface area contributed by atoms with Crippen molar-refractivity contribution in [1.29, 1.82) is 0 Å². The third-order valence-electron chi connectivity index (χ3n) is 1.96. The Balaban J connectivity index is 3.00. The summed E-state index contributed by atoms with van der Waals surface area (Å²) in [4.78, 5) is 23.2. The van der Waals surface area contributed by atoms with Gasteiger partial charge in [0.1, 0.15) is 0 Å². The Hall–Kier alpha value is -2.66. The van der Waals surface area contributed by atoms with E-state index in [0.717, 1.165) is 0 Å². The number of nitro benzene ring substituents is 1. The van der Waals surface area contributed by atoms with Gasteiger partial charge >= 0.3 is 0 Å². The van der Waals surface area contributed by atoms with Crippen molar-refractivity contribution in [1.82, 2.24) is 0 Å². The Morgan fingerprint density at radius 3 is 2.82 bits per heavy atom. The fourth-order valence-electron chi connectivity index (χ4n) is 1.19. The Morgan fingerprint density at radius 2 is 2.24 bits per heavy atom. The summed E-state index contributed by atoms with van der Waals surface area (Å²) in [5.74, 6) is 0. The number of carbonyl (C=O) groups excluding carboxylic acids is 1. The SMILES string of the molecule is [N-]=[N+]=NCC=Cc1ccc([N+](=O)[O-])cc1C=O. The van der Waals surface area contributed by atoms with E-state index in [1.54, 1.807) is 12.2 Å². The van der Waals surface area contributed by atoms with Crippen molar-refractivity contribution in [3.8, 4) is 0 Å². The van der Waals surface area contributed by atoms with Crippen LogP contribution in [0.4, 0.5) is 5.69 Å². The molecule has 17 heavy (non-hydrogen) atoms. The first kappa shape index (κ1) is 12.4. The van der Waals surface area contributed by atoms with Gasteiger partial charge in [0.25, 0.3) is 5.69 Å². The quantitative estimate of drug-likeness (QED) is 0.194. The largest absolute Gasteiger partial charge is 0.298 e. The summed E-state index contributed by atoms with van der Waals surface area (Å²) in [5, 5.41) is 13.8. The number of aldehydes is 1. The molecule has 7 heteroatoms. The van der Waals surface area contributed by atoms with Crippen molar-refractivity contribution in [3.05, 3.63) is 56.0 Å². The second-order valence-corrected chi connectivity index (χ2v) is 3.00. The highest BCUT2D eigenvalue weighted by atomic mass is 16.6. The molecule has 0 aliphatic rings. The van der Waals surface area contributed by atoms with Gasteiger partial charge in [-0.1, -0.05) is 17.3 Å². The zero-order valence-corrected chi connectivity index (χ0v) is 8.68. The number of carbonyl (C=O) groups is 1. The van der Waals surface area contributed by atoms with Crippen molar-refractivity contribution in [3.63, 3.8) is 0 Å². The Bertz CT molecular complexity index is 518. The van der Waals surface area contributed by atoms with E-state index in [1.165, 1.54) is 18.2 Å². The van der Waals surface area contributed by atoms with E-state index in [-0.39, 0.29) is 17.8 Å². The molecule has 0 saturated carbocycles. The Morgan fingerprint density at radius 1 is 1.47 bits per heavy atom. The highest BCUT2D eigenvalue weighted by molar-refractivity contribution is 5.83. The zero-order valence-electron chi connectivity index (χ0n) is 8.68.